The highest BCUT2D eigenvalue weighted by molar-refractivity contribution is 5.74. The maximum absolute atomic E-state index is 9.77. The molecule has 1 aliphatic rings. The number of hydrogen-bond donors (Lipinski definition) is 2. The summed E-state index contributed by atoms with van der Waals surface area (Å²) in [4.78, 5) is 0. The SMILES string of the molecule is Cc1nnn2c1-c1ccc(-c3cnn(C)c3)cc1C(Nc1ccccc1CO)CC2. The molecule has 1 aliphatic heterocycles. The van der Waals surface area contributed by atoms with Crippen LogP contribution < -0.4 is 5.32 Å². The number of rotatable bonds is 4. The summed E-state index contributed by atoms with van der Waals surface area (Å²) >= 11 is 0. The maximum atomic E-state index is 9.77. The predicted molar refractivity (Wildman–Crippen MR) is 116 cm³/mol. The number of para-hydroxylation sites is 1. The van der Waals surface area contributed by atoms with Gasteiger partial charge in [0.05, 0.1) is 30.2 Å². The van der Waals surface area contributed by atoms with Gasteiger partial charge >= 0.3 is 0 Å². The number of aromatic nitrogens is 5. The fraction of sp³-hybridized carbons (Fsp3) is 0.261. The monoisotopic (exact) mass is 400 g/mol. The van der Waals surface area contributed by atoms with Crippen LogP contribution in [0.25, 0.3) is 22.4 Å². The average Bonchev–Trinajstić information content (AvgIpc) is 3.32. The molecule has 1 atom stereocenters. The zero-order valence-corrected chi connectivity index (χ0v) is 17.1. The molecule has 7 heteroatoms. The summed E-state index contributed by atoms with van der Waals surface area (Å²) < 4.78 is 3.81. The number of aliphatic hydroxyl groups is 1. The Morgan fingerprint density at radius 2 is 2.03 bits per heavy atom. The topological polar surface area (TPSA) is 80.8 Å². The smallest absolute Gasteiger partial charge is 0.0918 e. The van der Waals surface area contributed by atoms with Crippen molar-refractivity contribution in [2.45, 2.75) is 32.5 Å². The van der Waals surface area contributed by atoms with Crippen molar-refractivity contribution in [1.82, 2.24) is 24.8 Å². The standard InChI is InChI=1S/C23H24N6O/c1-15-23-19-8-7-16(18-12-24-28(2)13-18)11-20(19)22(9-10-29(23)27-26-15)25-21-6-4-3-5-17(21)14-30/h3-8,11-13,22,25,30H,9-10,14H2,1-2H3. The molecule has 0 spiro atoms. The van der Waals surface area contributed by atoms with E-state index < -0.39 is 0 Å². The molecular formula is C23H24N6O. The van der Waals surface area contributed by atoms with Crippen molar-refractivity contribution >= 4 is 5.69 Å². The molecule has 2 N–H and O–H groups in total. The van der Waals surface area contributed by atoms with E-state index in [1.54, 1.807) is 0 Å². The van der Waals surface area contributed by atoms with Crippen molar-refractivity contribution in [3.63, 3.8) is 0 Å². The van der Waals surface area contributed by atoms with E-state index in [2.05, 4.69) is 38.9 Å². The fourth-order valence-corrected chi connectivity index (χ4v) is 4.25. The number of nitrogens with zero attached hydrogens (tertiary/aromatic N) is 5. The van der Waals surface area contributed by atoms with Gasteiger partial charge in [-0.2, -0.15) is 5.10 Å². The average molecular weight is 400 g/mol. The van der Waals surface area contributed by atoms with E-state index in [-0.39, 0.29) is 12.6 Å². The Morgan fingerprint density at radius 3 is 2.83 bits per heavy atom. The van der Waals surface area contributed by atoms with E-state index in [1.807, 2.05) is 60.0 Å². The second-order valence-electron chi connectivity index (χ2n) is 7.75. The molecule has 0 saturated heterocycles. The first kappa shape index (κ1) is 18.6. The minimum Gasteiger partial charge on any atom is -0.392 e. The zero-order valence-electron chi connectivity index (χ0n) is 17.1. The zero-order chi connectivity index (χ0) is 20.7. The summed E-state index contributed by atoms with van der Waals surface area (Å²) in [7, 11) is 1.93. The molecule has 0 aliphatic carbocycles. The lowest BCUT2D eigenvalue weighted by atomic mass is 9.92. The summed E-state index contributed by atoms with van der Waals surface area (Å²) in [5.41, 5.74) is 8.41. The Balaban J connectivity index is 1.64. The molecule has 2 aromatic heterocycles. The molecular weight excluding hydrogens is 376 g/mol. The molecule has 0 fully saturated rings. The Hall–Kier alpha value is -3.45. The van der Waals surface area contributed by atoms with Gasteiger partial charge in [0.2, 0.25) is 0 Å². The van der Waals surface area contributed by atoms with Gasteiger partial charge in [0.1, 0.15) is 0 Å². The van der Waals surface area contributed by atoms with Gasteiger partial charge in [-0.1, -0.05) is 35.5 Å². The highest BCUT2D eigenvalue weighted by Crippen LogP contribution is 2.39. The number of anilines is 1. The van der Waals surface area contributed by atoms with Gasteiger partial charge in [0.15, 0.2) is 0 Å². The molecule has 152 valence electrons. The van der Waals surface area contributed by atoms with Gasteiger partial charge in [0, 0.05) is 42.2 Å². The first-order valence-corrected chi connectivity index (χ1v) is 10.1. The third-order valence-corrected chi connectivity index (χ3v) is 5.77. The number of nitrogens with one attached hydrogen (secondary N) is 1. The van der Waals surface area contributed by atoms with E-state index in [1.165, 1.54) is 5.56 Å². The van der Waals surface area contributed by atoms with E-state index >= 15 is 0 Å². The summed E-state index contributed by atoms with van der Waals surface area (Å²) in [6.45, 7) is 2.78. The Morgan fingerprint density at radius 1 is 1.17 bits per heavy atom. The van der Waals surface area contributed by atoms with Crippen molar-refractivity contribution in [2.24, 2.45) is 7.05 Å². The third-order valence-electron chi connectivity index (χ3n) is 5.77. The second-order valence-corrected chi connectivity index (χ2v) is 7.75. The van der Waals surface area contributed by atoms with Gasteiger partial charge < -0.3 is 10.4 Å². The van der Waals surface area contributed by atoms with Crippen molar-refractivity contribution in [1.29, 1.82) is 0 Å². The van der Waals surface area contributed by atoms with Crippen LogP contribution in [0.1, 0.15) is 29.3 Å². The molecule has 0 bridgehead atoms. The molecule has 1 unspecified atom stereocenters. The second kappa shape index (κ2) is 7.42. The van der Waals surface area contributed by atoms with E-state index in [9.17, 15) is 5.11 Å². The molecule has 3 heterocycles. The van der Waals surface area contributed by atoms with Crippen LogP contribution in [0, 0.1) is 6.92 Å². The lowest BCUT2D eigenvalue weighted by molar-refractivity contribution is 0.282. The fourth-order valence-electron chi connectivity index (χ4n) is 4.25. The molecule has 30 heavy (non-hydrogen) atoms. The first-order chi connectivity index (χ1) is 14.6. The van der Waals surface area contributed by atoms with Crippen LogP contribution in [-0.2, 0) is 20.2 Å². The number of aryl methyl sites for hydroxylation is 3. The minimum absolute atomic E-state index is 0.00305. The van der Waals surface area contributed by atoms with Crippen LogP contribution in [0.5, 0.6) is 0 Å². The van der Waals surface area contributed by atoms with Crippen molar-refractivity contribution in [3.8, 4) is 22.4 Å². The summed E-state index contributed by atoms with van der Waals surface area (Å²) in [5, 5.41) is 26.4. The largest absolute Gasteiger partial charge is 0.392 e. The van der Waals surface area contributed by atoms with Gasteiger partial charge in [-0.25, -0.2) is 4.68 Å². The summed E-state index contributed by atoms with van der Waals surface area (Å²) in [5.74, 6) is 0. The van der Waals surface area contributed by atoms with Crippen LogP contribution in [0.4, 0.5) is 5.69 Å². The predicted octanol–water partition coefficient (Wildman–Crippen LogP) is 3.70. The maximum Gasteiger partial charge on any atom is 0.0918 e. The Kier molecular flexibility index (Phi) is 4.59. The van der Waals surface area contributed by atoms with Gasteiger partial charge in [-0.3, -0.25) is 4.68 Å². The highest BCUT2D eigenvalue weighted by Gasteiger charge is 2.26. The van der Waals surface area contributed by atoms with Crippen molar-refractivity contribution in [2.75, 3.05) is 5.32 Å². The normalized spacial score (nSPS) is 15.4. The van der Waals surface area contributed by atoms with Gasteiger partial charge in [0.25, 0.3) is 0 Å². The van der Waals surface area contributed by atoms with Crippen LogP contribution in [0.3, 0.4) is 0 Å². The molecule has 0 saturated carbocycles. The van der Waals surface area contributed by atoms with Crippen LogP contribution in [0.15, 0.2) is 54.9 Å². The third kappa shape index (κ3) is 3.17. The molecule has 5 rings (SSSR count). The highest BCUT2D eigenvalue weighted by atomic mass is 16.3. The Labute approximate surface area is 175 Å². The number of aliphatic hydroxyl groups excluding tert-OH is 1. The molecule has 0 amide bonds. The molecule has 4 aromatic rings. The van der Waals surface area contributed by atoms with E-state index in [0.29, 0.717) is 0 Å². The van der Waals surface area contributed by atoms with Gasteiger partial charge in [-0.15, -0.1) is 5.10 Å². The number of fused-ring (bicyclic) bond motifs is 3. The quantitative estimate of drug-likeness (QED) is 0.546. The van der Waals surface area contributed by atoms with Crippen molar-refractivity contribution in [3.05, 3.63) is 71.7 Å². The number of hydrogen-bond acceptors (Lipinski definition) is 5. The molecule has 7 nitrogen and oxygen atoms in total. The minimum atomic E-state index is 0.00305. The lowest BCUT2D eigenvalue weighted by Crippen LogP contribution is -2.14. The first-order valence-electron chi connectivity index (χ1n) is 10.1. The van der Waals surface area contributed by atoms with Crippen molar-refractivity contribution < 1.29 is 5.11 Å². The van der Waals surface area contributed by atoms with E-state index in [4.69, 9.17) is 0 Å². The van der Waals surface area contributed by atoms with E-state index in [0.717, 1.165) is 52.3 Å². The summed E-state index contributed by atoms with van der Waals surface area (Å²) in [6, 6.07) is 14.5. The lowest BCUT2D eigenvalue weighted by Gasteiger charge is -2.22. The Bertz CT molecular complexity index is 1210. The molecule has 2 aromatic carbocycles. The van der Waals surface area contributed by atoms with Crippen LogP contribution in [-0.4, -0.2) is 29.9 Å². The van der Waals surface area contributed by atoms with Crippen LogP contribution >= 0.6 is 0 Å². The number of benzene rings is 2. The van der Waals surface area contributed by atoms with Crippen LogP contribution in [0.2, 0.25) is 0 Å². The summed E-state index contributed by atoms with van der Waals surface area (Å²) in [6.07, 6.45) is 4.77. The van der Waals surface area contributed by atoms with Gasteiger partial charge in [-0.05, 0) is 36.6 Å². The molecule has 0 radical (unpaired) electrons.